The second kappa shape index (κ2) is 6.44. The van der Waals surface area contributed by atoms with E-state index >= 15 is 0 Å². The molecule has 1 saturated heterocycles. The van der Waals surface area contributed by atoms with E-state index in [1.165, 1.54) is 6.07 Å². The third kappa shape index (κ3) is 4.04. The number of benzene rings is 1. The zero-order valence-electron chi connectivity index (χ0n) is 13.0. The Kier molecular flexibility index (Phi) is 5.04. The van der Waals surface area contributed by atoms with Gasteiger partial charge in [0.05, 0.1) is 0 Å². The van der Waals surface area contributed by atoms with Crippen LogP contribution in [0.1, 0.15) is 38.2 Å². The molecule has 21 heavy (non-hydrogen) atoms. The van der Waals surface area contributed by atoms with Crippen LogP contribution in [0.15, 0.2) is 23.1 Å². The average Bonchev–Trinajstić information content (AvgIpc) is 2.38. The lowest BCUT2D eigenvalue weighted by Crippen LogP contribution is -2.35. The molecule has 0 bridgehead atoms. The minimum Gasteiger partial charge on any atom is -0.303 e. The van der Waals surface area contributed by atoms with E-state index in [-0.39, 0.29) is 10.8 Å². The molecule has 0 aliphatic carbocycles. The van der Waals surface area contributed by atoms with Gasteiger partial charge in [0, 0.05) is 12.8 Å². The van der Waals surface area contributed by atoms with E-state index in [2.05, 4.69) is 18.7 Å². The first-order valence-corrected chi connectivity index (χ1v) is 9.39. The normalized spacial score (nSPS) is 18.3. The Bertz CT molecular complexity index is 590. The Labute approximate surface area is 127 Å². The maximum Gasteiger partial charge on any atom is 0.178 e. The summed E-state index contributed by atoms with van der Waals surface area (Å²) in [5.41, 5.74) is 0.558. The summed E-state index contributed by atoms with van der Waals surface area (Å²) in [6.45, 7) is 7.36. The second-order valence-electron chi connectivity index (χ2n) is 6.40. The van der Waals surface area contributed by atoms with Crippen molar-refractivity contribution < 1.29 is 12.8 Å². The van der Waals surface area contributed by atoms with Crippen molar-refractivity contribution in [3.63, 3.8) is 0 Å². The van der Waals surface area contributed by atoms with Crippen molar-refractivity contribution in [1.82, 2.24) is 4.90 Å². The molecular formula is C16H24FNO2S. The molecule has 0 saturated carbocycles. The van der Waals surface area contributed by atoms with Crippen LogP contribution in [-0.2, 0) is 9.84 Å². The molecule has 1 aromatic carbocycles. The van der Waals surface area contributed by atoms with Gasteiger partial charge >= 0.3 is 0 Å². The average molecular weight is 313 g/mol. The number of nitrogens with zero attached hydrogens (tertiary/aromatic N) is 1. The minimum atomic E-state index is -3.51. The smallest absolute Gasteiger partial charge is 0.178 e. The monoisotopic (exact) mass is 313 g/mol. The van der Waals surface area contributed by atoms with Gasteiger partial charge in [-0.15, -0.1) is 0 Å². The standard InChI is InChI=1S/C16H24FNO2S/c1-12(2)11-18-9-7-13(8-10-18)14-5-4-6-15(16(14)17)21(3,19)20/h4-6,12-13H,7-11H2,1-3H3. The number of hydrogen-bond donors (Lipinski definition) is 0. The number of halogens is 1. The number of piperidine rings is 1. The van der Waals surface area contributed by atoms with Crippen LogP contribution in [-0.4, -0.2) is 39.2 Å². The highest BCUT2D eigenvalue weighted by molar-refractivity contribution is 7.90. The summed E-state index contributed by atoms with van der Waals surface area (Å²) in [5, 5.41) is 0. The fourth-order valence-corrected chi connectivity index (χ4v) is 3.84. The van der Waals surface area contributed by atoms with Crippen LogP contribution in [0.2, 0.25) is 0 Å². The molecule has 1 aromatic rings. The van der Waals surface area contributed by atoms with Crippen LogP contribution in [0.3, 0.4) is 0 Å². The molecule has 2 rings (SSSR count). The van der Waals surface area contributed by atoms with Gasteiger partial charge in [0.15, 0.2) is 9.84 Å². The fourth-order valence-electron chi connectivity index (χ4n) is 3.07. The lowest BCUT2D eigenvalue weighted by atomic mass is 9.89. The first-order chi connectivity index (χ1) is 9.79. The maximum atomic E-state index is 14.5. The predicted octanol–water partition coefficient (Wildman–Crippen LogP) is 3.06. The van der Waals surface area contributed by atoms with Crippen LogP contribution in [0.25, 0.3) is 0 Å². The van der Waals surface area contributed by atoms with Crippen LogP contribution in [0, 0.1) is 11.7 Å². The van der Waals surface area contributed by atoms with Gasteiger partial charge in [0.25, 0.3) is 0 Å². The summed E-state index contributed by atoms with van der Waals surface area (Å²) < 4.78 is 37.7. The Morgan fingerprint density at radius 1 is 1.29 bits per heavy atom. The van der Waals surface area contributed by atoms with E-state index in [0.29, 0.717) is 11.5 Å². The van der Waals surface area contributed by atoms with Crippen molar-refractivity contribution in [2.75, 3.05) is 25.9 Å². The summed E-state index contributed by atoms with van der Waals surface area (Å²) in [6.07, 6.45) is 2.83. The van der Waals surface area contributed by atoms with Crippen LogP contribution >= 0.6 is 0 Å². The Morgan fingerprint density at radius 3 is 2.43 bits per heavy atom. The molecule has 1 fully saturated rings. The minimum absolute atomic E-state index is 0.120. The van der Waals surface area contributed by atoms with Gasteiger partial charge < -0.3 is 4.90 Å². The topological polar surface area (TPSA) is 37.4 Å². The summed E-state index contributed by atoms with van der Waals surface area (Å²) in [6, 6.07) is 4.73. The van der Waals surface area contributed by atoms with Crippen molar-refractivity contribution in [3.05, 3.63) is 29.6 Å². The van der Waals surface area contributed by atoms with E-state index in [1.54, 1.807) is 12.1 Å². The van der Waals surface area contributed by atoms with Crippen molar-refractivity contribution >= 4 is 9.84 Å². The largest absolute Gasteiger partial charge is 0.303 e. The molecule has 0 atom stereocenters. The van der Waals surface area contributed by atoms with Crippen molar-refractivity contribution in [2.24, 2.45) is 5.92 Å². The van der Waals surface area contributed by atoms with Gasteiger partial charge in [-0.2, -0.15) is 0 Å². The van der Waals surface area contributed by atoms with Crippen molar-refractivity contribution in [1.29, 1.82) is 0 Å². The second-order valence-corrected chi connectivity index (χ2v) is 8.38. The van der Waals surface area contributed by atoms with E-state index in [4.69, 9.17) is 0 Å². The molecule has 3 nitrogen and oxygen atoms in total. The molecule has 1 heterocycles. The van der Waals surface area contributed by atoms with Gasteiger partial charge in [-0.25, -0.2) is 12.8 Å². The molecule has 0 N–H and O–H groups in total. The lowest BCUT2D eigenvalue weighted by Gasteiger charge is -2.33. The predicted molar refractivity (Wildman–Crippen MR) is 82.8 cm³/mol. The highest BCUT2D eigenvalue weighted by Gasteiger charge is 2.25. The van der Waals surface area contributed by atoms with Gasteiger partial charge in [-0.3, -0.25) is 0 Å². The van der Waals surface area contributed by atoms with Crippen LogP contribution < -0.4 is 0 Å². The Morgan fingerprint density at radius 2 is 1.90 bits per heavy atom. The molecule has 118 valence electrons. The third-order valence-corrected chi connectivity index (χ3v) is 5.16. The molecule has 0 aromatic heterocycles. The van der Waals surface area contributed by atoms with Crippen molar-refractivity contribution in [2.45, 2.75) is 37.5 Å². The zero-order valence-corrected chi connectivity index (χ0v) is 13.8. The van der Waals surface area contributed by atoms with E-state index in [9.17, 15) is 12.8 Å². The fraction of sp³-hybridized carbons (Fsp3) is 0.625. The Balaban J connectivity index is 2.14. The number of sulfone groups is 1. The van der Waals surface area contributed by atoms with E-state index < -0.39 is 15.7 Å². The molecule has 0 amide bonds. The van der Waals surface area contributed by atoms with E-state index in [1.807, 2.05) is 0 Å². The van der Waals surface area contributed by atoms with Gasteiger partial charge in [0.1, 0.15) is 10.7 Å². The summed E-state index contributed by atoms with van der Waals surface area (Å²) >= 11 is 0. The highest BCUT2D eigenvalue weighted by Crippen LogP contribution is 2.32. The molecule has 0 unspecified atom stereocenters. The molecule has 5 heteroatoms. The van der Waals surface area contributed by atoms with Gasteiger partial charge in [-0.1, -0.05) is 26.0 Å². The number of hydrogen-bond acceptors (Lipinski definition) is 3. The number of rotatable bonds is 4. The first kappa shape index (κ1) is 16.4. The summed E-state index contributed by atoms with van der Waals surface area (Å²) in [7, 11) is -3.51. The lowest BCUT2D eigenvalue weighted by molar-refractivity contribution is 0.190. The van der Waals surface area contributed by atoms with Crippen LogP contribution in [0.5, 0.6) is 0 Å². The molecule has 1 aliphatic rings. The zero-order chi connectivity index (χ0) is 15.6. The molecular weight excluding hydrogens is 289 g/mol. The summed E-state index contributed by atoms with van der Waals surface area (Å²) in [5.74, 6) is 0.198. The molecule has 0 radical (unpaired) electrons. The molecule has 1 aliphatic heterocycles. The van der Waals surface area contributed by atoms with Crippen LogP contribution in [0.4, 0.5) is 4.39 Å². The summed E-state index contributed by atoms with van der Waals surface area (Å²) in [4.78, 5) is 2.23. The Hall–Kier alpha value is -0.940. The molecule has 0 spiro atoms. The first-order valence-electron chi connectivity index (χ1n) is 7.50. The van der Waals surface area contributed by atoms with Gasteiger partial charge in [-0.05, 0) is 49.4 Å². The maximum absolute atomic E-state index is 14.5. The quantitative estimate of drug-likeness (QED) is 0.857. The highest BCUT2D eigenvalue weighted by atomic mass is 32.2. The van der Waals surface area contributed by atoms with Gasteiger partial charge in [0.2, 0.25) is 0 Å². The third-order valence-electron chi connectivity index (χ3n) is 4.04. The van der Waals surface area contributed by atoms with Crippen molar-refractivity contribution in [3.8, 4) is 0 Å². The SMILES string of the molecule is CC(C)CN1CCC(c2cccc(S(C)(=O)=O)c2F)CC1. The number of likely N-dealkylation sites (tertiary alicyclic amines) is 1. The van der Waals surface area contributed by atoms with E-state index in [0.717, 1.165) is 38.7 Å².